The zero-order chi connectivity index (χ0) is 19.9. The normalized spacial score (nSPS) is 20.8. The number of halogens is 3. The summed E-state index contributed by atoms with van der Waals surface area (Å²) in [5, 5.41) is 19.5. The van der Waals surface area contributed by atoms with Crippen molar-refractivity contribution in [3.05, 3.63) is 35.5 Å². The van der Waals surface area contributed by atoms with Crippen molar-refractivity contribution < 1.29 is 32.8 Å². The summed E-state index contributed by atoms with van der Waals surface area (Å²) in [5.41, 5.74) is -0.103. The Kier molecular flexibility index (Phi) is 5.05. The molecule has 10 heteroatoms. The average Bonchev–Trinajstić information content (AvgIpc) is 2.98. The van der Waals surface area contributed by atoms with Gasteiger partial charge in [-0.3, -0.25) is 4.79 Å². The van der Waals surface area contributed by atoms with Crippen molar-refractivity contribution >= 4 is 23.9 Å². The fourth-order valence-electron chi connectivity index (χ4n) is 3.29. The van der Waals surface area contributed by atoms with E-state index in [4.69, 9.17) is 4.74 Å². The molecule has 0 unspecified atom stereocenters. The smallest absolute Gasteiger partial charge is 0.433 e. The van der Waals surface area contributed by atoms with E-state index < -0.39 is 37.0 Å². The molecular weight excluding hydrogens is 364 g/mol. The highest BCUT2D eigenvalue weighted by Crippen LogP contribution is 2.36. The Labute approximate surface area is 153 Å². The molecule has 0 radical (unpaired) electrons. The summed E-state index contributed by atoms with van der Waals surface area (Å²) in [7, 11) is -1.01. The van der Waals surface area contributed by atoms with Gasteiger partial charge in [0.05, 0.1) is 5.52 Å². The number of hydrogen-bond acceptors (Lipinski definition) is 5. The summed E-state index contributed by atoms with van der Waals surface area (Å²) in [5.74, 6) is -1.12. The molecule has 0 spiro atoms. The standard InChI is InChI=1S/C17H18BF3N2O4/c1-9-3-4-12-11(5-9)14(7-15(22-12)17(19,20)21)27-10-6-13(16(24)25)23(8-10)18(2)26/h3-5,7,10,13,26H,6,8H2,1-2H3,(H,24,25)/t10-,13+/m1/s1. The minimum Gasteiger partial charge on any atom is -0.488 e. The number of benzene rings is 1. The molecule has 1 aromatic heterocycles. The van der Waals surface area contributed by atoms with Crippen molar-refractivity contribution in [2.75, 3.05) is 6.54 Å². The number of aromatic nitrogens is 1. The molecule has 1 saturated heterocycles. The van der Waals surface area contributed by atoms with E-state index in [0.29, 0.717) is 5.39 Å². The Morgan fingerprint density at radius 1 is 1.37 bits per heavy atom. The summed E-state index contributed by atoms with van der Waals surface area (Å²) in [4.78, 5) is 16.4. The highest BCUT2D eigenvalue weighted by Gasteiger charge is 2.42. The Bertz CT molecular complexity index is 875. The second-order valence-electron chi connectivity index (χ2n) is 6.68. The lowest BCUT2D eigenvalue weighted by Crippen LogP contribution is -2.45. The quantitative estimate of drug-likeness (QED) is 0.792. The second kappa shape index (κ2) is 7.01. The third kappa shape index (κ3) is 4.01. The van der Waals surface area contributed by atoms with Crippen LogP contribution < -0.4 is 4.74 Å². The van der Waals surface area contributed by atoms with E-state index in [1.54, 1.807) is 19.1 Å². The third-order valence-corrected chi connectivity index (χ3v) is 4.58. The molecule has 0 saturated carbocycles. The molecule has 27 heavy (non-hydrogen) atoms. The number of hydrogen-bond donors (Lipinski definition) is 2. The van der Waals surface area contributed by atoms with Crippen molar-refractivity contribution in [2.24, 2.45) is 0 Å². The van der Waals surface area contributed by atoms with Gasteiger partial charge in [0.1, 0.15) is 23.6 Å². The van der Waals surface area contributed by atoms with Crippen LogP contribution in [0.25, 0.3) is 10.9 Å². The summed E-state index contributed by atoms with van der Waals surface area (Å²) < 4.78 is 45.3. The van der Waals surface area contributed by atoms with Crippen molar-refractivity contribution in [3.63, 3.8) is 0 Å². The summed E-state index contributed by atoms with van der Waals surface area (Å²) >= 11 is 0. The zero-order valence-corrected chi connectivity index (χ0v) is 14.7. The zero-order valence-electron chi connectivity index (χ0n) is 14.7. The van der Waals surface area contributed by atoms with Gasteiger partial charge >= 0.3 is 19.2 Å². The molecule has 1 aliphatic rings. The van der Waals surface area contributed by atoms with Gasteiger partial charge in [0, 0.05) is 24.4 Å². The Morgan fingerprint density at radius 2 is 2.07 bits per heavy atom. The van der Waals surface area contributed by atoms with E-state index in [0.717, 1.165) is 11.6 Å². The summed E-state index contributed by atoms with van der Waals surface area (Å²) in [6.45, 7) is 3.32. The first-order chi connectivity index (χ1) is 12.6. The van der Waals surface area contributed by atoms with Crippen LogP contribution in [0.5, 0.6) is 5.75 Å². The fourth-order valence-corrected chi connectivity index (χ4v) is 3.29. The van der Waals surface area contributed by atoms with Gasteiger partial charge in [-0.05, 0) is 25.9 Å². The van der Waals surface area contributed by atoms with E-state index in [-0.39, 0.29) is 24.2 Å². The van der Waals surface area contributed by atoms with Crippen LogP contribution >= 0.6 is 0 Å². The molecule has 1 fully saturated rings. The number of aryl methyl sites for hydroxylation is 1. The molecular formula is C17H18BF3N2O4. The third-order valence-electron chi connectivity index (χ3n) is 4.58. The van der Waals surface area contributed by atoms with Gasteiger partial charge in [0.15, 0.2) is 0 Å². The van der Waals surface area contributed by atoms with Crippen molar-refractivity contribution in [3.8, 4) is 5.75 Å². The van der Waals surface area contributed by atoms with E-state index in [2.05, 4.69) is 4.98 Å². The number of aliphatic carboxylic acids is 1. The van der Waals surface area contributed by atoms with Gasteiger partial charge in [-0.15, -0.1) is 0 Å². The number of carboxylic acids is 1. The summed E-state index contributed by atoms with van der Waals surface area (Å²) in [6, 6.07) is 4.69. The summed E-state index contributed by atoms with van der Waals surface area (Å²) in [6.07, 6.45) is -5.26. The first-order valence-corrected chi connectivity index (χ1v) is 8.38. The molecule has 2 N–H and O–H groups in total. The lowest BCUT2D eigenvalue weighted by molar-refractivity contribution is -0.141. The fraction of sp³-hybridized carbons (Fsp3) is 0.412. The van der Waals surface area contributed by atoms with Gasteiger partial charge in [0.25, 0.3) is 0 Å². The SMILES string of the molecule is CB(O)N1C[C@H](Oc2cc(C(F)(F)F)nc3ccc(C)cc23)C[C@H]1C(=O)O. The van der Waals surface area contributed by atoms with Crippen LogP contribution in [0.15, 0.2) is 24.3 Å². The van der Waals surface area contributed by atoms with Gasteiger partial charge in [-0.25, -0.2) is 4.98 Å². The molecule has 2 heterocycles. The molecule has 2 aromatic rings. The number of carbonyl (C=O) groups is 1. The van der Waals surface area contributed by atoms with Crippen LogP contribution in [0.1, 0.15) is 17.7 Å². The van der Waals surface area contributed by atoms with Crippen molar-refractivity contribution in [1.29, 1.82) is 0 Å². The van der Waals surface area contributed by atoms with Gasteiger partial charge in [-0.2, -0.15) is 13.2 Å². The number of rotatable bonds is 4. The first kappa shape index (κ1) is 19.4. The lowest BCUT2D eigenvalue weighted by atomic mass is 9.84. The molecule has 0 amide bonds. The lowest BCUT2D eigenvalue weighted by Gasteiger charge is -2.21. The maximum absolute atomic E-state index is 13.2. The molecule has 1 aromatic carbocycles. The van der Waals surface area contributed by atoms with Crippen LogP contribution in [0.3, 0.4) is 0 Å². The molecule has 1 aliphatic heterocycles. The average molecular weight is 382 g/mol. The predicted octanol–water partition coefficient (Wildman–Crippen LogP) is 2.58. The maximum atomic E-state index is 13.2. The Balaban J connectivity index is 1.98. The number of pyridine rings is 1. The molecule has 0 aliphatic carbocycles. The van der Waals surface area contributed by atoms with Crippen LogP contribution in [0, 0.1) is 6.92 Å². The largest absolute Gasteiger partial charge is 0.488 e. The molecule has 144 valence electrons. The van der Waals surface area contributed by atoms with Crippen molar-refractivity contribution in [2.45, 2.75) is 38.5 Å². The molecule has 6 nitrogen and oxygen atoms in total. The minimum absolute atomic E-state index is 0.00222. The minimum atomic E-state index is -4.64. The van der Waals surface area contributed by atoms with Gasteiger partial charge < -0.3 is 19.7 Å². The van der Waals surface area contributed by atoms with Gasteiger partial charge in [0.2, 0.25) is 0 Å². The van der Waals surface area contributed by atoms with Crippen LogP contribution in [0.4, 0.5) is 13.2 Å². The van der Waals surface area contributed by atoms with Crippen molar-refractivity contribution in [1.82, 2.24) is 9.79 Å². The van der Waals surface area contributed by atoms with E-state index in [9.17, 15) is 28.1 Å². The number of fused-ring (bicyclic) bond motifs is 1. The monoisotopic (exact) mass is 382 g/mol. The number of ether oxygens (including phenoxy) is 1. The maximum Gasteiger partial charge on any atom is 0.433 e. The second-order valence-corrected chi connectivity index (χ2v) is 6.68. The first-order valence-electron chi connectivity index (χ1n) is 8.38. The molecule has 0 bridgehead atoms. The highest BCUT2D eigenvalue weighted by atomic mass is 19.4. The number of nitrogens with zero attached hydrogens (tertiary/aromatic N) is 2. The Morgan fingerprint density at radius 3 is 2.63 bits per heavy atom. The molecule has 2 atom stereocenters. The van der Waals surface area contributed by atoms with Crippen LogP contribution in [-0.4, -0.2) is 51.6 Å². The van der Waals surface area contributed by atoms with Crippen LogP contribution in [0.2, 0.25) is 6.82 Å². The number of carboxylic acid groups (broad SMARTS) is 1. The Hall–Kier alpha value is -2.33. The van der Waals surface area contributed by atoms with Crippen LogP contribution in [-0.2, 0) is 11.0 Å². The topological polar surface area (TPSA) is 82.9 Å². The predicted molar refractivity (Wildman–Crippen MR) is 92.5 cm³/mol. The van der Waals surface area contributed by atoms with E-state index >= 15 is 0 Å². The molecule has 3 rings (SSSR count). The number of alkyl halides is 3. The van der Waals surface area contributed by atoms with E-state index in [1.807, 2.05) is 0 Å². The highest BCUT2D eigenvalue weighted by molar-refractivity contribution is 6.45. The van der Waals surface area contributed by atoms with Gasteiger partial charge in [-0.1, -0.05) is 11.6 Å². The van der Waals surface area contributed by atoms with E-state index in [1.165, 1.54) is 17.7 Å².